The fraction of sp³-hybridized carbons (Fsp3) is 0.316. The molecule has 0 aliphatic carbocycles. The van der Waals surface area contributed by atoms with Crippen molar-refractivity contribution >= 4 is 11.7 Å². The molecule has 25 heavy (non-hydrogen) atoms. The first-order valence-electron chi connectivity index (χ1n) is 8.32. The molecule has 1 aromatic carbocycles. The van der Waals surface area contributed by atoms with E-state index in [9.17, 15) is 14.4 Å². The molecule has 2 aromatic rings. The van der Waals surface area contributed by atoms with Crippen LogP contribution in [0.15, 0.2) is 59.5 Å². The van der Waals surface area contributed by atoms with E-state index in [1.165, 1.54) is 16.8 Å². The molecule has 1 amide bonds. The molecule has 1 aliphatic heterocycles. The number of amides is 1. The molecule has 1 fully saturated rings. The molecule has 6 nitrogen and oxygen atoms in total. The van der Waals surface area contributed by atoms with Gasteiger partial charge < -0.3 is 10.1 Å². The van der Waals surface area contributed by atoms with Gasteiger partial charge in [-0.3, -0.25) is 19.0 Å². The molecule has 2 heterocycles. The van der Waals surface area contributed by atoms with E-state index < -0.39 is 23.3 Å². The first-order valence-corrected chi connectivity index (χ1v) is 8.32. The molecule has 1 N–H and O–H groups in total. The Bertz CT molecular complexity index is 794. The highest BCUT2D eigenvalue weighted by Gasteiger charge is 2.30. The fourth-order valence-corrected chi connectivity index (χ4v) is 2.90. The lowest BCUT2D eigenvalue weighted by Gasteiger charge is -2.19. The van der Waals surface area contributed by atoms with Gasteiger partial charge in [-0.25, -0.2) is 0 Å². The Morgan fingerprint density at radius 3 is 2.60 bits per heavy atom. The number of aromatic nitrogens is 1. The van der Waals surface area contributed by atoms with E-state index in [0.717, 1.165) is 12.8 Å². The van der Waals surface area contributed by atoms with Gasteiger partial charge in [0.15, 0.2) is 11.8 Å². The van der Waals surface area contributed by atoms with Crippen molar-refractivity contribution in [2.45, 2.75) is 25.0 Å². The molecule has 130 valence electrons. The van der Waals surface area contributed by atoms with Crippen LogP contribution >= 0.6 is 0 Å². The summed E-state index contributed by atoms with van der Waals surface area (Å²) in [5.74, 6) is -0.920. The summed E-state index contributed by atoms with van der Waals surface area (Å²) < 4.78 is 6.66. The lowest BCUT2D eigenvalue weighted by molar-refractivity contribution is -0.123. The van der Waals surface area contributed by atoms with E-state index in [1.54, 1.807) is 42.5 Å². The van der Waals surface area contributed by atoms with Crippen molar-refractivity contribution in [1.82, 2.24) is 9.88 Å². The van der Waals surface area contributed by atoms with Gasteiger partial charge in [-0.1, -0.05) is 36.4 Å². The quantitative estimate of drug-likeness (QED) is 0.640. The zero-order valence-corrected chi connectivity index (χ0v) is 13.8. The monoisotopic (exact) mass is 340 g/mol. The van der Waals surface area contributed by atoms with Crippen LogP contribution in [0.1, 0.15) is 29.2 Å². The maximum absolute atomic E-state index is 12.9. The molecule has 1 aromatic heterocycles. The van der Waals surface area contributed by atoms with Gasteiger partial charge in [0.2, 0.25) is 0 Å². The number of carbonyl (C=O) groups excluding carboxylic acids is 2. The van der Waals surface area contributed by atoms with Crippen LogP contribution in [0.5, 0.6) is 0 Å². The summed E-state index contributed by atoms with van der Waals surface area (Å²) in [6.45, 7) is 1.02. The predicted octanol–water partition coefficient (Wildman–Crippen LogP) is 1.57. The van der Waals surface area contributed by atoms with Crippen LogP contribution in [-0.2, 0) is 9.53 Å². The molecule has 3 rings (SSSR count). The number of nitrogens with one attached hydrogen (secondary N) is 1. The molecule has 0 radical (unpaired) electrons. The summed E-state index contributed by atoms with van der Waals surface area (Å²) in [7, 11) is 0. The van der Waals surface area contributed by atoms with E-state index >= 15 is 0 Å². The molecular formula is C19H20N2O4. The molecule has 6 heteroatoms. The Morgan fingerprint density at radius 2 is 1.92 bits per heavy atom. The number of rotatable bonds is 6. The van der Waals surface area contributed by atoms with Crippen LogP contribution in [-0.4, -0.2) is 35.5 Å². The summed E-state index contributed by atoms with van der Waals surface area (Å²) in [5, 5.41) is 2.76. The van der Waals surface area contributed by atoms with E-state index in [2.05, 4.69) is 5.32 Å². The van der Waals surface area contributed by atoms with Gasteiger partial charge in [0.05, 0.1) is 6.10 Å². The highest BCUT2D eigenvalue weighted by atomic mass is 16.5. The summed E-state index contributed by atoms with van der Waals surface area (Å²) in [6, 6.07) is 11.8. The van der Waals surface area contributed by atoms with E-state index in [-0.39, 0.29) is 6.10 Å². The third kappa shape index (κ3) is 4.03. The molecule has 0 bridgehead atoms. The average molecular weight is 340 g/mol. The highest BCUT2D eigenvalue weighted by Crippen LogP contribution is 2.15. The van der Waals surface area contributed by atoms with Gasteiger partial charge in [-0.05, 0) is 18.9 Å². The second-order valence-electron chi connectivity index (χ2n) is 5.96. The van der Waals surface area contributed by atoms with Crippen LogP contribution in [0, 0.1) is 0 Å². The Balaban J connectivity index is 1.86. The zero-order valence-electron chi connectivity index (χ0n) is 13.8. The smallest absolute Gasteiger partial charge is 0.251 e. The summed E-state index contributed by atoms with van der Waals surface area (Å²) >= 11 is 0. The normalized spacial score (nSPS) is 17.8. The number of benzene rings is 1. The molecule has 1 saturated heterocycles. The molecule has 1 aliphatic rings. The van der Waals surface area contributed by atoms with Gasteiger partial charge in [0.1, 0.15) is 0 Å². The van der Waals surface area contributed by atoms with Crippen molar-refractivity contribution < 1.29 is 14.3 Å². The minimum atomic E-state index is -1.24. The van der Waals surface area contributed by atoms with Crippen molar-refractivity contribution in [3.8, 4) is 0 Å². The van der Waals surface area contributed by atoms with Gasteiger partial charge in [0.25, 0.3) is 11.5 Å². The summed E-state index contributed by atoms with van der Waals surface area (Å²) in [5.41, 5.74) is -0.0143. The van der Waals surface area contributed by atoms with Gasteiger partial charge in [-0.2, -0.15) is 0 Å². The lowest BCUT2D eigenvalue weighted by Crippen LogP contribution is -2.43. The first kappa shape index (κ1) is 17.1. The second kappa shape index (κ2) is 7.90. The highest BCUT2D eigenvalue weighted by molar-refractivity contribution is 6.11. The number of hydrogen-bond donors (Lipinski definition) is 1. The number of nitrogens with zero attached hydrogens (tertiary/aromatic N) is 1. The number of pyridine rings is 1. The Kier molecular flexibility index (Phi) is 5.40. The molecule has 0 unspecified atom stereocenters. The maximum atomic E-state index is 12.9. The number of carbonyl (C=O) groups is 2. The second-order valence-corrected chi connectivity index (χ2v) is 5.96. The van der Waals surface area contributed by atoms with Crippen LogP contribution in [0.25, 0.3) is 0 Å². The average Bonchev–Trinajstić information content (AvgIpc) is 3.16. The Hall–Kier alpha value is -2.73. The van der Waals surface area contributed by atoms with Crippen LogP contribution in [0.4, 0.5) is 0 Å². The third-order valence-electron chi connectivity index (χ3n) is 4.21. The minimum Gasteiger partial charge on any atom is -0.376 e. The first-order chi connectivity index (χ1) is 12.2. The standard InChI is InChI=1S/C19H20N2O4/c22-16-10-4-5-11-21(16)17(18(23)14-7-2-1-3-8-14)19(24)20-13-15-9-6-12-25-15/h1-5,7-8,10-11,15,17H,6,9,12-13H2,(H,20,24)/t15-,17+/m1/s1. The fourth-order valence-electron chi connectivity index (χ4n) is 2.90. The van der Waals surface area contributed by atoms with Crippen LogP contribution in [0.3, 0.4) is 0 Å². The maximum Gasteiger partial charge on any atom is 0.251 e. The van der Waals surface area contributed by atoms with Gasteiger partial charge in [0, 0.05) is 31.0 Å². The lowest BCUT2D eigenvalue weighted by atomic mass is 10.0. The van der Waals surface area contributed by atoms with Crippen molar-refractivity contribution in [1.29, 1.82) is 0 Å². The van der Waals surface area contributed by atoms with Gasteiger partial charge >= 0.3 is 0 Å². The predicted molar refractivity (Wildman–Crippen MR) is 92.5 cm³/mol. The molecule has 2 atom stereocenters. The Morgan fingerprint density at radius 1 is 1.16 bits per heavy atom. The van der Waals surface area contributed by atoms with E-state index in [1.807, 2.05) is 0 Å². The minimum absolute atomic E-state index is 0.0380. The SMILES string of the molecule is O=C(NC[C@H]1CCCO1)[C@H](C(=O)c1ccccc1)n1ccccc1=O. The van der Waals surface area contributed by atoms with Crippen LogP contribution < -0.4 is 10.9 Å². The summed E-state index contributed by atoms with van der Waals surface area (Å²) in [4.78, 5) is 37.8. The third-order valence-corrected chi connectivity index (χ3v) is 4.21. The number of ether oxygens (including phenoxy) is 1. The van der Waals surface area contributed by atoms with Crippen molar-refractivity contribution in [3.63, 3.8) is 0 Å². The largest absolute Gasteiger partial charge is 0.376 e. The summed E-state index contributed by atoms with van der Waals surface area (Å²) in [6.07, 6.45) is 3.26. The van der Waals surface area contributed by atoms with E-state index in [0.29, 0.717) is 18.7 Å². The number of hydrogen-bond acceptors (Lipinski definition) is 4. The molecular weight excluding hydrogens is 320 g/mol. The van der Waals surface area contributed by atoms with Crippen molar-refractivity contribution in [3.05, 3.63) is 70.6 Å². The molecule has 0 saturated carbocycles. The van der Waals surface area contributed by atoms with Crippen LogP contribution in [0.2, 0.25) is 0 Å². The zero-order chi connectivity index (χ0) is 17.6. The van der Waals surface area contributed by atoms with Crippen molar-refractivity contribution in [2.75, 3.05) is 13.2 Å². The van der Waals surface area contributed by atoms with E-state index in [4.69, 9.17) is 4.74 Å². The Labute approximate surface area is 145 Å². The molecule has 0 spiro atoms. The number of Topliss-reactive ketones (excluding diaryl/α,β-unsaturated/α-hetero) is 1. The number of ketones is 1. The van der Waals surface area contributed by atoms with Crippen molar-refractivity contribution in [2.24, 2.45) is 0 Å². The van der Waals surface area contributed by atoms with Gasteiger partial charge in [-0.15, -0.1) is 0 Å². The topological polar surface area (TPSA) is 77.4 Å².